The molecule has 0 saturated carbocycles. The average Bonchev–Trinajstić information content (AvgIpc) is 2.79. The third-order valence-corrected chi connectivity index (χ3v) is 7.46. The summed E-state index contributed by atoms with van der Waals surface area (Å²) in [7, 11) is -3.41. The fourth-order valence-corrected chi connectivity index (χ4v) is 5.30. The van der Waals surface area contributed by atoms with Crippen molar-refractivity contribution in [3.63, 3.8) is 0 Å². The van der Waals surface area contributed by atoms with E-state index in [1.54, 1.807) is 16.4 Å². The van der Waals surface area contributed by atoms with Crippen molar-refractivity contribution >= 4 is 15.9 Å². The first kappa shape index (κ1) is 24.3. The molecular formula is C25H34N2O4S. The molecule has 1 N–H and O–H groups in total. The van der Waals surface area contributed by atoms with Crippen LogP contribution < -0.4 is 10.1 Å². The maximum Gasteiger partial charge on any atom is 0.243 e. The van der Waals surface area contributed by atoms with Gasteiger partial charge in [-0.15, -0.1) is 0 Å². The highest BCUT2D eigenvalue weighted by Gasteiger charge is 2.25. The normalized spacial score (nSPS) is 15.0. The molecule has 0 aromatic heterocycles. The van der Waals surface area contributed by atoms with E-state index in [-0.39, 0.29) is 12.0 Å². The largest absolute Gasteiger partial charge is 0.491 e. The minimum atomic E-state index is -3.41. The summed E-state index contributed by atoms with van der Waals surface area (Å²) < 4.78 is 32.7. The van der Waals surface area contributed by atoms with Gasteiger partial charge in [-0.2, -0.15) is 4.31 Å². The Kier molecular flexibility index (Phi) is 8.70. The van der Waals surface area contributed by atoms with E-state index in [1.165, 1.54) is 0 Å². The highest BCUT2D eigenvalue weighted by atomic mass is 32.2. The number of carbonyl (C=O) groups is 1. The van der Waals surface area contributed by atoms with Crippen molar-refractivity contribution in [3.8, 4) is 5.75 Å². The predicted octanol–water partition coefficient (Wildman–Crippen LogP) is 3.94. The summed E-state index contributed by atoms with van der Waals surface area (Å²) in [6.45, 7) is 5.77. The van der Waals surface area contributed by atoms with Gasteiger partial charge in [0.15, 0.2) is 0 Å². The second-order valence-corrected chi connectivity index (χ2v) is 10.5. The van der Waals surface area contributed by atoms with Crippen LogP contribution >= 0.6 is 0 Å². The first-order valence-electron chi connectivity index (χ1n) is 11.5. The number of sulfonamides is 1. The lowest BCUT2D eigenvalue weighted by atomic mass is 10.1. The summed E-state index contributed by atoms with van der Waals surface area (Å²) in [5.74, 6) is 0.845. The molecule has 1 aliphatic rings. The van der Waals surface area contributed by atoms with Crippen molar-refractivity contribution in [1.29, 1.82) is 0 Å². The smallest absolute Gasteiger partial charge is 0.243 e. The van der Waals surface area contributed by atoms with Crippen molar-refractivity contribution in [2.45, 2.75) is 63.4 Å². The number of nitrogens with zero attached hydrogens (tertiary/aromatic N) is 1. The SMILES string of the molecule is CC(C)Oc1ccc(CCNC(=O)CCc2ccc(S(=O)(=O)N3CCCCC3)cc2)cc1. The second kappa shape index (κ2) is 11.5. The van der Waals surface area contributed by atoms with Crippen LogP contribution in [0.1, 0.15) is 50.7 Å². The molecule has 0 unspecified atom stereocenters. The third kappa shape index (κ3) is 7.07. The minimum Gasteiger partial charge on any atom is -0.491 e. The molecule has 3 rings (SSSR count). The zero-order valence-electron chi connectivity index (χ0n) is 19.0. The lowest BCUT2D eigenvalue weighted by Crippen LogP contribution is -2.35. The van der Waals surface area contributed by atoms with Gasteiger partial charge in [0.05, 0.1) is 11.0 Å². The van der Waals surface area contributed by atoms with Crippen LogP contribution in [0.5, 0.6) is 5.75 Å². The topological polar surface area (TPSA) is 75.7 Å². The maximum atomic E-state index is 12.7. The second-order valence-electron chi connectivity index (χ2n) is 8.52. The number of hydrogen-bond acceptors (Lipinski definition) is 4. The first-order chi connectivity index (χ1) is 15.3. The van der Waals surface area contributed by atoms with Crippen molar-refractivity contribution < 1.29 is 17.9 Å². The molecule has 1 fully saturated rings. The van der Waals surface area contributed by atoms with Crippen LogP contribution in [-0.2, 0) is 27.7 Å². The molecule has 1 heterocycles. The number of aryl methyl sites for hydroxylation is 1. The summed E-state index contributed by atoms with van der Waals surface area (Å²) >= 11 is 0. The molecule has 0 aliphatic carbocycles. The van der Waals surface area contributed by atoms with E-state index in [0.717, 1.165) is 42.6 Å². The van der Waals surface area contributed by atoms with Gasteiger partial charge in [0.25, 0.3) is 0 Å². The van der Waals surface area contributed by atoms with Gasteiger partial charge < -0.3 is 10.1 Å². The van der Waals surface area contributed by atoms with Crippen LogP contribution in [0.2, 0.25) is 0 Å². The fourth-order valence-electron chi connectivity index (χ4n) is 3.78. The highest BCUT2D eigenvalue weighted by Crippen LogP contribution is 2.21. The third-order valence-electron chi connectivity index (χ3n) is 5.55. The summed E-state index contributed by atoms with van der Waals surface area (Å²) in [5.41, 5.74) is 2.10. The minimum absolute atomic E-state index is 0.00484. The van der Waals surface area contributed by atoms with Crippen molar-refractivity contribution in [3.05, 3.63) is 59.7 Å². The van der Waals surface area contributed by atoms with E-state index in [1.807, 2.05) is 50.2 Å². The van der Waals surface area contributed by atoms with Gasteiger partial charge in [-0.1, -0.05) is 30.7 Å². The number of ether oxygens (including phenoxy) is 1. The monoisotopic (exact) mass is 458 g/mol. The molecular weight excluding hydrogens is 424 g/mol. The van der Waals surface area contributed by atoms with E-state index < -0.39 is 10.0 Å². The Balaban J connectivity index is 1.41. The molecule has 0 bridgehead atoms. The Bertz CT molecular complexity index is 964. The Morgan fingerprint density at radius 2 is 1.53 bits per heavy atom. The van der Waals surface area contributed by atoms with Gasteiger partial charge in [-0.3, -0.25) is 4.79 Å². The zero-order valence-corrected chi connectivity index (χ0v) is 19.9. The van der Waals surface area contributed by atoms with Crippen LogP contribution in [-0.4, -0.2) is 44.4 Å². The summed E-state index contributed by atoms with van der Waals surface area (Å²) in [5, 5.41) is 2.95. The van der Waals surface area contributed by atoms with E-state index in [9.17, 15) is 13.2 Å². The molecule has 32 heavy (non-hydrogen) atoms. The fraction of sp³-hybridized carbons (Fsp3) is 0.480. The quantitative estimate of drug-likeness (QED) is 0.585. The molecule has 0 spiro atoms. The summed E-state index contributed by atoms with van der Waals surface area (Å²) in [4.78, 5) is 12.5. The van der Waals surface area contributed by atoms with Crippen molar-refractivity contribution in [2.75, 3.05) is 19.6 Å². The number of amides is 1. The molecule has 174 valence electrons. The number of carbonyl (C=O) groups excluding carboxylic acids is 1. The Labute approximate surface area is 192 Å². The van der Waals surface area contributed by atoms with E-state index in [0.29, 0.717) is 37.4 Å². The predicted molar refractivity (Wildman–Crippen MR) is 126 cm³/mol. The number of nitrogens with one attached hydrogen (secondary N) is 1. The van der Waals surface area contributed by atoms with Gasteiger partial charge in [0.2, 0.25) is 15.9 Å². The van der Waals surface area contributed by atoms with E-state index in [4.69, 9.17) is 4.74 Å². The molecule has 1 saturated heterocycles. The molecule has 0 radical (unpaired) electrons. The molecule has 1 aliphatic heterocycles. The van der Waals surface area contributed by atoms with Gasteiger partial charge in [0, 0.05) is 26.1 Å². The lowest BCUT2D eigenvalue weighted by molar-refractivity contribution is -0.121. The molecule has 1 amide bonds. The average molecular weight is 459 g/mol. The van der Waals surface area contributed by atoms with Crippen LogP contribution in [0.25, 0.3) is 0 Å². The standard InChI is InChI=1S/C25H34N2O4S/c1-20(2)31-23-11-6-22(7-12-23)16-17-26-25(28)15-10-21-8-13-24(14-9-21)32(29,30)27-18-4-3-5-19-27/h6-9,11-14,20H,3-5,10,15-19H2,1-2H3,(H,26,28). The van der Waals surface area contributed by atoms with Crippen molar-refractivity contribution in [1.82, 2.24) is 9.62 Å². The molecule has 2 aromatic rings. The Morgan fingerprint density at radius 1 is 0.938 bits per heavy atom. The Morgan fingerprint density at radius 3 is 2.16 bits per heavy atom. The number of benzene rings is 2. The van der Waals surface area contributed by atoms with Crippen LogP contribution in [0.15, 0.2) is 53.4 Å². The lowest BCUT2D eigenvalue weighted by Gasteiger charge is -2.25. The van der Waals surface area contributed by atoms with Gasteiger partial charge in [-0.25, -0.2) is 8.42 Å². The number of rotatable bonds is 10. The summed E-state index contributed by atoms with van der Waals surface area (Å²) in [6, 6.07) is 14.9. The summed E-state index contributed by atoms with van der Waals surface area (Å²) in [6.07, 6.45) is 4.80. The van der Waals surface area contributed by atoms with Crippen molar-refractivity contribution in [2.24, 2.45) is 0 Å². The number of hydrogen-bond donors (Lipinski definition) is 1. The van der Waals surface area contributed by atoms with Crippen LogP contribution in [0.4, 0.5) is 0 Å². The van der Waals surface area contributed by atoms with Gasteiger partial charge in [-0.05, 0) is 74.9 Å². The molecule has 0 atom stereocenters. The zero-order chi connectivity index (χ0) is 23.0. The maximum absolute atomic E-state index is 12.7. The van der Waals surface area contributed by atoms with Gasteiger partial charge >= 0.3 is 0 Å². The van der Waals surface area contributed by atoms with E-state index in [2.05, 4.69) is 5.32 Å². The van der Waals surface area contributed by atoms with E-state index >= 15 is 0 Å². The van der Waals surface area contributed by atoms with Crippen LogP contribution in [0.3, 0.4) is 0 Å². The van der Waals surface area contributed by atoms with Gasteiger partial charge in [0.1, 0.15) is 5.75 Å². The molecule has 2 aromatic carbocycles. The Hall–Kier alpha value is -2.38. The molecule has 7 heteroatoms. The molecule has 6 nitrogen and oxygen atoms in total. The first-order valence-corrected chi connectivity index (χ1v) is 12.9. The highest BCUT2D eigenvalue weighted by molar-refractivity contribution is 7.89. The number of piperidine rings is 1. The van der Waals surface area contributed by atoms with Crippen LogP contribution in [0, 0.1) is 0 Å².